The summed E-state index contributed by atoms with van der Waals surface area (Å²) in [6.45, 7) is -0.00931. The Kier molecular flexibility index (Phi) is 6.53. The van der Waals surface area contributed by atoms with Gasteiger partial charge < -0.3 is 19.8 Å². The lowest BCUT2D eigenvalue weighted by molar-refractivity contribution is -0.384. The number of carboxylic acid groups (broad SMARTS) is 1. The van der Waals surface area contributed by atoms with E-state index in [4.69, 9.17) is 9.84 Å². The van der Waals surface area contributed by atoms with Crippen molar-refractivity contribution in [3.8, 4) is 5.75 Å². The van der Waals surface area contributed by atoms with Gasteiger partial charge in [-0.05, 0) is 36.2 Å². The second kappa shape index (κ2) is 9.29. The molecule has 0 radical (unpaired) electrons. The number of ether oxygens (including phenoxy) is 1. The summed E-state index contributed by atoms with van der Waals surface area (Å²) in [6, 6.07) is 10.5. The first-order valence-corrected chi connectivity index (χ1v) is 9.63. The van der Waals surface area contributed by atoms with Crippen LogP contribution in [-0.2, 0) is 14.4 Å². The molecule has 0 bridgehead atoms. The number of aliphatic hydroxyl groups is 1. The van der Waals surface area contributed by atoms with Crippen molar-refractivity contribution in [2.75, 3.05) is 13.7 Å². The molecule has 3 rings (SSSR count). The average Bonchev–Trinajstić information content (AvgIpc) is 3.03. The number of likely N-dealkylation sites (tertiary alicyclic amines) is 1. The molecule has 10 heteroatoms. The predicted molar refractivity (Wildman–Crippen MR) is 112 cm³/mol. The average molecular weight is 440 g/mol. The number of aliphatic hydroxyl groups excluding tert-OH is 1. The minimum atomic E-state index is -1.03. The second-order valence-corrected chi connectivity index (χ2v) is 7.07. The van der Waals surface area contributed by atoms with Crippen LogP contribution >= 0.6 is 0 Å². The van der Waals surface area contributed by atoms with Crippen molar-refractivity contribution >= 4 is 29.1 Å². The number of rotatable bonds is 8. The molecule has 1 amide bonds. The molecule has 0 aromatic heterocycles. The zero-order valence-corrected chi connectivity index (χ0v) is 17.1. The molecular formula is C22H20N2O8. The molecule has 1 atom stereocenters. The van der Waals surface area contributed by atoms with Crippen LogP contribution in [0, 0.1) is 10.1 Å². The molecule has 0 saturated carbocycles. The van der Waals surface area contributed by atoms with Crippen LogP contribution in [0.4, 0.5) is 5.69 Å². The molecule has 2 N–H and O–H groups in total. The number of hydrogen-bond donors (Lipinski definition) is 2. The number of benzene rings is 2. The van der Waals surface area contributed by atoms with E-state index < -0.39 is 34.4 Å². The number of hydrogen-bond acceptors (Lipinski definition) is 7. The molecule has 0 aliphatic carbocycles. The number of nitro benzene ring substituents is 1. The molecule has 1 heterocycles. The number of amides is 1. The Morgan fingerprint density at radius 1 is 1.09 bits per heavy atom. The highest BCUT2D eigenvalue weighted by Crippen LogP contribution is 2.40. The van der Waals surface area contributed by atoms with Crippen LogP contribution in [0.5, 0.6) is 5.75 Å². The van der Waals surface area contributed by atoms with Gasteiger partial charge in [0.15, 0.2) is 0 Å². The van der Waals surface area contributed by atoms with Gasteiger partial charge in [0, 0.05) is 30.7 Å². The van der Waals surface area contributed by atoms with Gasteiger partial charge in [0.25, 0.3) is 17.4 Å². The summed E-state index contributed by atoms with van der Waals surface area (Å²) in [5.41, 5.74) is 0.285. The normalized spacial score (nSPS) is 17.4. The fraction of sp³-hybridized carbons (Fsp3) is 0.227. The summed E-state index contributed by atoms with van der Waals surface area (Å²) in [5, 5.41) is 30.7. The van der Waals surface area contributed by atoms with E-state index in [1.165, 1.54) is 36.3 Å². The third kappa shape index (κ3) is 4.43. The molecule has 1 unspecified atom stereocenters. The maximum absolute atomic E-state index is 12.9. The van der Waals surface area contributed by atoms with Crippen molar-refractivity contribution in [3.63, 3.8) is 0 Å². The topological polar surface area (TPSA) is 147 Å². The number of carboxylic acids is 1. The van der Waals surface area contributed by atoms with Crippen molar-refractivity contribution in [1.82, 2.24) is 4.90 Å². The van der Waals surface area contributed by atoms with Gasteiger partial charge in [-0.2, -0.15) is 0 Å². The number of nitrogens with zero attached hydrogens (tertiary/aromatic N) is 2. The number of carbonyl (C=O) groups excluding carboxylic acids is 2. The minimum Gasteiger partial charge on any atom is -0.507 e. The minimum absolute atomic E-state index is 0.00931. The van der Waals surface area contributed by atoms with E-state index in [1.807, 2.05) is 0 Å². The Labute approximate surface area is 182 Å². The monoisotopic (exact) mass is 440 g/mol. The van der Waals surface area contributed by atoms with E-state index in [9.17, 15) is 29.6 Å². The zero-order chi connectivity index (χ0) is 23.4. The van der Waals surface area contributed by atoms with Crippen molar-refractivity contribution in [1.29, 1.82) is 0 Å². The summed E-state index contributed by atoms with van der Waals surface area (Å²) in [5.74, 6) is -2.74. The lowest BCUT2D eigenvalue weighted by Gasteiger charge is -2.25. The van der Waals surface area contributed by atoms with Crippen LogP contribution in [0.1, 0.15) is 30.0 Å². The van der Waals surface area contributed by atoms with E-state index in [0.717, 1.165) is 0 Å². The van der Waals surface area contributed by atoms with Gasteiger partial charge >= 0.3 is 5.97 Å². The van der Waals surface area contributed by atoms with E-state index in [0.29, 0.717) is 11.3 Å². The van der Waals surface area contributed by atoms with Crippen LogP contribution in [0.15, 0.2) is 54.1 Å². The van der Waals surface area contributed by atoms with Gasteiger partial charge in [-0.25, -0.2) is 0 Å². The Balaban J connectivity index is 2.08. The van der Waals surface area contributed by atoms with Gasteiger partial charge in [-0.15, -0.1) is 0 Å². The highest BCUT2D eigenvalue weighted by Gasteiger charge is 2.45. The van der Waals surface area contributed by atoms with Gasteiger partial charge in [0.05, 0.1) is 23.6 Å². The lowest BCUT2D eigenvalue weighted by Crippen LogP contribution is -2.31. The molecule has 1 aliphatic heterocycles. The fourth-order valence-electron chi connectivity index (χ4n) is 3.54. The molecule has 1 aliphatic rings. The largest absolute Gasteiger partial charge is 0.507 e. The summed E-state index contributed by atoms with van der Waals surface area (Å²) in [4.78, 5) is 48.0. The fourth-order valence-corrected chi connectivity index (χ4v) is 3.54. The van der Waals surface area contributed by atoms with Crippen molar-refractivity contribution in [2.45, 2.75) is 18.9 Å². The predicted octanol–water partition coefficient (Wildman–Crippen LogP) is 2.89. The Morgan fingerprint density at radius 3 is 2.25 bits per heavy atom. The smallest absolute Gasteiger partial charge is 0.303 e. The van der Waals surface area contributed by atoms with Gasteiger partial charge in [-0.3, -0.25) is 24.5 Å². The number of ketones is 1. The SMILES string of the molecule is COc1ccc(C2/C(=C(\O)c3ccc([N+](=O)[O-])cc3)C(=O)C(=O)N2CCCC(=O)O)cc1. The highest BCUT2D eigenvalue weighted by molar-refractivity contribution is 6.46. The van der Waals surface area contributed by atoms with Crippen LogP contribution in [0.3, 0.4) is 0 Å². The molecule has 1 saturated heterocycles. The first-order chi connectivity index (χ1) is 15.2. The first-order valence-electron chi connectivity index (χ1n) is 9.63. The maximum Gasteiger partial charge on any atom is 0.303 e. The van der Waals surface area contributed by atoms with Crippen molar-refractivity contribution in [2.24, 2.45) is 0 Å². The third-order valence-electron chi connectivity index (χ3n) is 5.11. The number of nitro groups is 1. The highest BCUT2D eigenvalue weighted by atomic mass is 16.6. The van der Waals surface area contributed by atoms with Gasteiger partial charge in [0.1, 0.15) is 11.5 Å². The van der Waals surface area contributed by atoms with E-state index in [2.05, 4.69) is 0 Å². The standard InChI is InChI=1S/C22H20N2O8/c1-32-16-10-6-13(7-11-16)19-18(20(27)14-4-8-15(9-5-14)24(30)31)21(28)22(29)23(19)12-2-3-17(25)26/h4-11,19,27H,2-3,12H2,1H3,(H,25,26)/b20-18+. The summed E-state index contributed by atoms with van der Waals surface area (Å²) in [7, 11) is 1.49. The molecule has 2 aromatic rings. The molecular weight excluding hydrogens is 420 g/mol. The number of carbonyl (C=O) groups is 3. The quantitative estimate of drug-likeness (QED) is 0.209. The number of aliphatic carboxylic acids is 1. The second-order valence-electron chi connectivity index (χ2n) is 7.07. The number of Topliss-reactive ketones (excluding diaryl/α,β-unsaturated/α-hetero) is 1. The summed E-state index contributed by atoms with van der Waals surface area (Å²) < 4.78 is 5.14. The molecule has 10 nitrogen and oxygen atoms in total. The van der Waals surface area contributed by atoms with Gasteiger partial charge in [-0.1, -0.05) is 12.1 Å². The number of methoxy groups -OCH3 is 1. The van der Waals surface area contributed by atoms with Gasteiger partial charge in [0.2, 0.25) is 0 Å². The molecule has 2 aromatic carbocycles. The molecule has 32 heavy (non-hydrogen) atoms. The van der Waals surface area contributed by atoms with Crippen molar-refractivity contribution < 1.29 is 34.3 Å². The van der Waals surface area contributed by atoms with E-state index in [1.54, 1.807) is 24.3 Å². The Morgan fingerprint density at radius 2 is 1.72 bits per heavy atom. The van der Waals surface area contributed by atoms with Crippen LogP contribution in [0.2, 0.25) is 0 Å². The summed E-state index contributed by atoms with van der Waals surface area (Å²) >= 11 is 0. The lowest BCUT2D eigenvalue weighted by atomic mass is 9.95. The molecule has 0 spiro atoms. The summed E-state index contributed by atoms with van der Waals surface area (Å²) in [6.07, 6.45) is -0.0761. The molecule has 1 fully saturated rings. The molecule has 166 valence electrons. The Hall–Kier alpha value is -4.21. The van der Waals surface area contributed by atoms with Crippen LogP contribution in [0.25, 0.3) is 5.76 Å². The zero-order valence-electron chi connectivity index (χ0n) is 17.1. The maximum atomic E-state index is 12.9. The third-order valence-corrected chi connectivity index (χ3v) is 5.11. The van der Waals surface area contributed by atoms with Crippen LogP contribution < -0.4 is 4.74 Å². The Bertz CT molecular complexity index is 1090. The number of non-ortho nitro benzene ring substituents is 1. The van der Waals surface area contributed by atoms with E-state index >= 15 is 0 Å². The van der Waals surface area contributed by atoms with Crippen molar-refractivity contribution in [3.05, 3.63) is 75.3 Å². The first kappa shape index (κ1) is 22.5. The van der Waals surface area contributed by atoms with E-state index in [-0.39, 0.29) is 36.2 Å². The van der Waals surface area contributed by atoms with Crippen LogP contribution in [-0.4, -0.2) is 51.4 Å².